The molecule has 1 aromatic rings. The van der Waals surface area contributed by atoms with E-state index in [1.54, 1.807) is 19.1 Å². The highest BCUT2D eigenvalue weighted by Crippen LogP contribution is 2.60. The molecule has 4 saturated carbocycles. The van der Waals surface area contributed by atoms with E-state index in [2.05, 4.69) is 0 Å². The third-order valence-electron chi connectivity index (χ3n) is 6.07. The molecule has 5 rings (SSSR count). The fourth-order valence-electron chi connectivity index (χ4n) is 5.66. The maximum Gasteiger partial charge on any atom is 0.296 e. The molecule has 0 aromatic heterocycles. The van der Waals surface area contributed by atoms with Crippen molar-refractivity contribution >= 4 is 10.1 Å². The van der Waals surface area contributed by atoms with Crippen LogP contribution >= 0.6 is 0 Å². The highest BCUT2D eigenvalue weighted by molar-refractivity contribution is 7.86. The van der Waals surface area contributed by atoms with Crippen molar-refractivity contribution in [2.75, 3.05) is 6.61 Å². The lowest BCUT2D eigenvalue weighted by Gasteiger charge is -2.57. The predicted molar refractivity (Wildman–Crippen MR) is 85.1 cm³/mol. The van der Waals surface area contributed by atoms with Gasteiger partial charge in [0.2, 0.25) is 0 Å². The van der Waals surface area contributed by atoms with Crippen molar-refractivity contribution in [3.63, 3.8) is 0 Å². The van der Waals surface area contributed by atoms with Gasteiger partial charge in [-0.25, -0.2) is 0 Å². The summed E-state index contributed by atoms with van der Waals surface area (Å²) in [4.78, 5) is 0.280. The second-order valence-corrected chi connectivity index (χ2v) is 9.20. The van der Waals surface area contributed by atoms with E-state index >= 15 is 0 Å². The van der Waals surface area contributed by atoms with Crippen LogP contribution in [-0.4, -0.2) is 15.0 Å². The third-order valence-corrected chi connectivity index (χ3v) is 7.46. The van der Waals surface area contributed by atoms with Crippen LogP contribution in [0.2, 0.25) is 0 Å². The van der Waals surface area contributed by atoms with Crippen molar-refractivity contribution in [1.82, 2.24) is 0 Å². The summed E-state index contributed by atoms with van der Waals surface area (Å²) in [5.41, 5.74) is 1.67. The largest absolute Gasteiger partial charge is 0.296 e. The van der Waals surface area contributed by atoms with Crippen molar-refractivity contribution < 1.29 is 12.6 Å². The number of benzene rings is 1. The molecule has 0 aliphatic heterocycles. The lowest BCUT2D eigenvalue weighted by atomic mass is 9.48. The monoisotopic (exact) mass is 320 g/mol. The molecule has 4 aliphatic rings. The summed E-state index contributed by atoms with van der Waals surface area (Å²) in [6.07, 6.45) is 8.19. The Labute approximate surface area is 133 Å². The minimum absolute atomic E-state index is 0.180. The van der Waals surface area contributed by atoms with Gasteiger partial charge >= 0.3 is 0 Å². The highest BCUT2D eigenvalue weighted by Gasteiger charge is 2.51. The summed E-state index contributed by atoms with van der Waals surface area (Å²) in [6, 6.07) is 7.55. The molecule has 22 heavy (non-hydrogen) atoms. The minimum atomic E-state index is -3.58. The molecule has 4 fully saturated rings. The molecule has 0 spiro atoms. The van der Waals surface area contributed by atoms with Crippen LogP contribution < -0.4 is 0 Å². The van der Waals surface area contributed by atoms with Crippen LogP contribution in [0.4, 0.5) is 0 Å². The van der Waals surface area contributed by atoms with Gasteiger partial charge in [0.15, 0.2) is 0 Å². The topological polar surface area (TPSA) is 43.4 Å². The Morgan fingerprint density at radius 2 is 1.50 bits per heavy atom. The van der Waals surface area contributed by atoms with Crippen molar-refractivity contribution in [1.29, 1.82) is 0 Å². The van der Waals surface area contributed by atoms with Crippen molar-refractivity contribution in [2.24, 2.45) is 17.8 Å². The quantitative estimate of drug-likeness (QED) is 0.791. The lowest BCUT2D eigenvalue weighted by molar-refractivity contribution is -0.00521. The molecule has 0 N–H and O–H groups in total. The second kappa shape index (κ2) is 5.07. The van der Waals surface area contributed by atoms with Crippen LogP contribution in [0.15, 0.2) is 29.2 Å². The van der Waals surface area contributed by atoms with Gasteiger partial charge in [-0.3, -0.25) is 4.18 Å². The van der Waals surface area contributed by atoms with Gasteiger partial charge in [-0.05, 0) is 86.3 Å². The van der Waals surface area contributed by atoms with Crippen molar-refractivity contribution in [3.05, 3.63) is 29.8 Å². The van der Waals surface area contributed by atoms with Crippen LogP contribution in [0.5, 0.6) is 0 Å². The summed E-state index contributed by atoms with van der Waals surface area (Å²) in [7, 11) is -3.58. The fraction of sp³-hybridized carbons (Fsp3) is 0.667. The molecular weight excluding hydrogens is 296 g/mol. The number of hydrogen-bond donors (Lipinski definition) is 0. The zero-order chi connectivity index (χ0) is 15.4. The van der Waals surface area contributed by atoms with Gasteiger partial charge in [0.25, 0.3) is 10.1 Å². The second-order valence-electron chi connectivity index (χ2n) is 7.58. The van der Waals surface area contributed by atoms with Crippen molar-refractivity contribution in [2.45, 2.75) is 55.8 Å². The zero-order valence-electron chi connectivity index (χ0n) is 13.1. The Bertz CT molecular complexity index is 625. The fourth-order valence-corrected chi connectivity index (χ4v) is 6.58. The van der Waals surface area contributed by atoms with Gasteiger partial charge in [0.1, 0.15) is 0 Å². The van der Waals surface area contributed by atoms with Gasteiger partial charge in [0.05, 0.1) is 11.5 Å². The normalized spacial score (nSPS) is 36.7. The van der Waals surface area contributed by atoms with Crippen LogP contribution in [0.3, 0.4) is 0 Å². The maximum atomic E-state index is 12.0. The lowest BCUT2D eigenvalue weighted by Crippen LogP contribution is -2.48. The molecule has 120 valence electrons. The first-order valence-corrected chi connectivity index (χ1v) is 9.91. The van der Waals surface area contributed by atoms with E-state index in [-0.39, 0.29) is 11.5 Å². The van der Waals surface area contributed by atoms with Gasteiger partial charge in [-0.1, -0.05) is 12.1 Å². The molecule has 0 radical (unpaired) electrons. The molecule has 0 saturated heterocycles. The first-order chi connectivity index (χ1) is 10.5. The van der Waals surface area contributed by atoms with Gasteiger partial charge in [-0.15, -0.1) is 0 Å². The smallest absolute Gasteiger partial charge is 0.267 e. The Kier molecular flexibility index (Phi) is 3.39. The van der Waals surface area contributed by atoms with E-state index in [9.17, 15) is 8.42 Å². The van der Waals surface area contributed by atoms with Crippen LogP contribution in [0.1, 0.15) is 51.0 Å². The minimum Gasteiger partial charge on any atom is -0.267 e. The molecule has 1 aromatic carbocycles. The average Bonchev–Trinajstić information content (AvgIpc) is 2.46. The van der Waals surface area contributed by atoms with E-state index in [0.29, 0.717) is 5.41 Å². The standard InChI is InChI=1S/C18H24O3S/c1-2-21-22(19,20)17-5-3-16(4-6-17)18-10-13-7-14(11-18)9-15(8-13)12-18/h3-6,13-15H,2,7-12H2,1H3. The maximum absolute atomic E-state index is 12.0. The Morgan fingerprint density at radius 3 is 1.95 bits per heavy atom. The van der Waals surface area contributed by atoms with Gasteiger partial charge < -0.3 is 0 Å². The molecule has 4 bridgehead atoms. The summed E-state index contributed by atoms with van der Waals surface area (Å²) >= 11 is 0. The van der Waals surface area contributed by atoms with Crippen LogP contribution in [-0.2, 0) is 19.7 Å². The average molecular weight is 320 g/mol. The van der Waals surface area contributed by atoms with Crippen LogP contribution in [0.25, 0.3) is 0 Å². The summed E-state index contributed by atoms with van der Waals surface area (Å²) in [6.45, 7) is 1.88. The molecular formula is C18H24O3S. The molecule has 0 unspecified atom stereocenters. The third kappa shape index (κ3) is 2.31. The zero-order valence-corrected chi connectivity index (χ0v) is 13.9. The first kappa shape index (κ1) is 14.7. The van der Waals surface area contributed by atoms with Crippen molar-refractivity contribution in [3.8, 4) is 0 Å². The molecule has 4 aliphatic carbocycles. The van der Waals surface area contributed by atoms with E-state index in [4.69, 9.17) is 4.18 Å². The molecule has 0 atom stereocenters. The first-order valence-electron chi connectivity index (χ1n) is 8.51. The number of hydrogen-bond acceptors (Lipinski definition) is 3. The van der Waals surface area contributed by atoms with Gasteiger partial charge in [0, 0.05) is 0 Å². The van der Waals surface area contributed by atoms with E-state index < -0.39 is 10.1 Å². The van der Waals surface area contributed by atoms with Crippen LogP contribution in [0, 0.1) is 17.8 Å². The number of rotatable bonds is 4. The van der Waals surface area contributed by atoms with E-state index in [0.717, 1.165) is 17.8 Å². The Balaban J connectivity index is 1.64. The molecule has 4 heteroatoms. The summed E-state index contributed by atoms with van der Waals surface area (Å²) in [5, 5.41) is 0. The van der Waals surface area contributed by atoms with E-state index in [1.807, 2.05) is 12.1 Å². The Morgan fingerprint density at radius 1 is 1.00 bits per heavy atom. The van der Waals surface area contributed by atoms with Gasteiger partial charge in [-0.2, -0.15) is 8.42 Å². The highest BCUT2D eigenvalue weighted by atomic mass is 32.2. The molecule has 0 heterocycles. The summed E-state index contributed by atoms with van der Waals surface area (Å²) in [5.74, 6) is 2.70. The molecule has 0 amide bonds. The summed E-state index contributed by atoms with van der Waals surface area (Å²) < 4.78 is 28.8. The Hall–Kier alpha value is -0.870. The predicted octanol–water partition coefficient (Wildman–Crippen LogP) is 3.88. The van der Waals surface area contributed by atoms with E-state index in [1.165, 1.54) is 44.1 Å². The molecule has 3 nitrogen and oxygen atoms in total. The SMILES string of the molecule is CCOS(=O)(=O)c1ccc(C23CC4CC(CC(C4)C2)C3)cc1.